The first kappa shape index (κ1) is 12.9. The van der Waals surface area contributed by atoms with Gasteiger partial charge in [-0.3, -0.25) is 4.90 Å². The molecule has 1 saturated heterocycles. The molecule has 0 aromatic heterocycles. The van der Waals surface area contributed by atoms with Gasteiger partial charge in [0.05, 0.1) is 0 Å². The molecule has 1 rings (SSSR count). The van der Waals surface area contributed by atoms with Crippen LogP contribution in [0.2, 0.25) is 0 Å². The van der Waals surface area contributed by atoms with Crippen LogP contribution in [0.1, 0.15) is 33.1 Å². The van der Waals surface area contributed by atoms with Crippen LogP contribution in [0, 0.1) is 0 Å². The minimum absolute atomic E-state index is 0.109. The maximum absolute atomic E-state index is 9.06. The van der Waals surface area contributed by atoms with Crippen molar-refractivity contribution in [2.24, 2.45) is 0 Å². The van der Waals surface area contributed by atoms with E-state index in [1.165, 1.54) is 19.4 Å². The highest BCUT2D eigenvalue weighted by Gasteiger charge is 2.30. The lowest BCUT2D eigenvalue weighted by atomic mass is 9.94. The predicted octanol–water partition coefficient (Wildman–Crippen LogP) is 1.17. The number of hydrogen-bond acceptors (Lipinski definition) is 3. The molecule has 1 aliphatic rings. The van der Waals surface area contributed by atoms with E-state index in [9.17, 15) is 0 Å². The van der Waals surface area contributed by atoms with Crippen LogP contribution in [0.3, 0.4) is 0 Å². The third kappa shape index (κ3) is 3.44. The Morgan fingerprint density at radius 2 is 2.13 bits per heavy atom. The smallest absolute Gasteiger partial charge is 0.0448 e. The predicted molar refractivity (Wildman–Crippen MR) is 64.1 cm³/mol. The number of aliphatic hydroxyl groups excluding tert-OH is 1. The lowest BCUT2D eigenvalue weighted by Gasteiger charge is -2.44. The summed E-state index contributed by atoms with van der Waals surface area (Å²) in [6, 6.07) is 0.644. The Balaban J connectivity index is 2.54. The van der Waals surface area contributed by atoms with Crippen LogP contribution in [0.5, 0.6) is 0 Å². The van der Waals surface area contributed by atoms with E-state index in [1.54, 1.807) is 0 Å². The van der Waals surface area contributed by atoms with Crippen molar-refractivity contribution in [3.05, 3.63) is 0 Å². The molecule has 1 heterocycles. The van der Waals surface area contributed by atoms with E-state index < -0.39 is 0 Å². The van der Waals surface area contributed by atoms with E-state index in [4.69, 9.17) is 5.11 Å². The third-order valence-corrected chi connectivity index (χ3v) is 3.83. The zero-order chi connectivity index (χ0) is 11.5. The van der Waals surface area contributed by atoms with Crippen LogP contribution in [-0.4, -0.2) is 60.3 Å². The first-order valence-electron chi connectivity index (χ1n) is 5.99. The van der Waals surface area contributed by atoms with E-state index in [-0.39, 0.29) is 12.1 Å². The van der Waals surface area contributed by atoms with Crippen molar-refractivity contribution in [1.29, 1.82) is 0 Å². The highest BCUT2D eigenvalue weighted by atomic mass is 16.3. The lowest BCUT2D eigenvalue weighted by molar-refractivity contribution is 0.0392. The molecule has 1 N–H and O–H groups in total. The summed E-state index contributed by atoms with van der Waals surface area (Å²) in [7, 11) is 4.39. The number of piperidine rings is 1. The fourth-order valence-corrected chi connectivity index (χ4v) is 2.40. The second-order valence-corrected chi connectivity index (χ2v) is 5.46. The number of likely N-dealkylation sites (tertiary alicyclic amines) is 1. The van der Waals surface area contributed by atoms with Crippen LogP contribution >= 0.6 is 0 Å². The average Bonchev–Trinajstić information content (AvgIpc) is 2.16. The quantitative estimate of drug-likeness (QED) is 0.761. The minimum Gasteiger partial charge on any atom is -0.396 e. The van der Waals surface area contributed by atoms with Gasteiger partial charge in [-0.25, -0.2) is 0 Å². The fraction of sp³-hybridized carbons (Fsp3) is 1.00. The maximum atomic E-state index is 9.06. The second-order valence-electron chi connectivity index (χ2n) is 5.46. The highest BCUT2D eigenvalue weighted by molar-refractivity contribution is 4.87. The Labute approximate surface area is 94.1 Å². The lowest BCUT2D eigenvalue weighted by Crippen LogP contribution is -2.53. The van der Waals surface area contributed by atoms with Crippen molar-refractivity contribution in [3.8, 4) is 0 Å². The summed E-state index contributed by atoms with van der Waals surface area (Å²) in [6.45, 7) is 7.10. The molecule has 0 aromatic carbocycles. The maximum Gasteiger partial charge on any atom is 0.0448 e. The van der Waals surface area contributed by atoms with Crippen LogP contribution in [0.15, 0.2) is 0 Å². The van der Waals surface area contributed by atoms with E-state index in [0.29, 0.717) is 6.04 Å². The van der Waals surface area contributed by atoms with Crippen molar-refractivity contribution in [2.45, 2.75) is 44.7 Å². The molecule has 0 saturated carbocycles. The largest absolute Gasteiger partial charge is 0.396 e. The van der Waals surface area contributed by atoms with Crippen LogP contribution in [-0.2, 0) is 0 Å². The summed E-state index contributed by atoms with van der Waals surface area (Å²) in [5, 5.41) is 9.06. The first-order chi connectivity index (χ1) is 6.97. The molecule has 1 unspecified atom stereocenters. The van der Waals surface area contributed by atoms with Crippen molar-refractivity contribution in [2.75, 3.05) is 33.8 Å². The monoisotopic (exact) mass is 214 g/mol. The molecule has 3 heteroatoms. The molecule has 1 atom stereocenters. The van der Waals surface area contributed by atoms with Crippen LogP contribution in [0.4, 0.5) is 0 Å². The molecule has 0 radical (unpaired) electrons. The van der Waals surface area contributed by atoms with Crippen molar-refractivity contribution in [3.63, 3.8) is 0 Å². The summed E-state index contributed by atoms with van der Waals surface area (Å²) in [4.78, 5) is 4.85. The van der Waals surface area contributed by atoms with E-state index in [0.717, 1.165) is 13.0 Å². The summed E-state index contributed by atoms with van der Waals surface area (Å²) >= 11 is 0. The van der Waals surface area contributed by atoms with Gasteiger partial charge in [-0.15, -0.1) is 0 Å². The average molecular weight is 214 g/mol. The Hall–Kier alpha value is -0.120. The van der Waals surface area contributed by atoms with Gasteiger partial charge in [0, 0.05) is 24.7 Å². The van der Waals surface area contributed by atoms with Crippen molar-refractivity contribution < 1.29 is 5.11 Å². The molecule has 0 aromatic rings. The zero-order valence-corrected chi connectivity index (χ0v) is 10.7. The molecule has 90 valence electrons. The highest BCUT2D eigenvalue weighted by Crippen LogP contribution is 2.23. The van der Waals surface area contributed by atoms with Gasteiger partial charge in [0.15, 0.2) is 0 Å². The Kier molecular flexibility index (Phi) is 4.56. The molecule has 15 heavy (non-hydrogen) atoms. The van der Waals surface area contributed by atoms with Crippen molar-refractivity contribution >= 4 is 0 Å². The van der Waals surface area contributed by atoms with Gasteiger partial charge < -0.3 is 10.0 Å². The number of hydrogen-bond donors (Lipinski definition) is 1. The number of nitrogens with zero attached hydrogens (tertiary/aromatic N) is 2. The fourth-order valence-electron chi connectivity index (χ4n) is 2.40. The number of aliphatic hydroxyl groups is 1. The standard InChI is InChI=1S/C12H26N2O/c1-12(2,7-9-15)14(4)11-6-5-8-13(3)10-11/h11,15H,5-10H2,1-4H3. The molecule has 0 bridgehead atoms. The first-order valence-corrected chi connectivity index (χ1v) is 5.99. The minimum atomic E-state index is 0.109. The van der Waals surface area contributed by atoms with E-state index >= 15 is 0 Å². The van der Waals surface area contributed by atoms with Crippen LogP contribution in [0.25, 0.3) is 0 Å². The summed E-state index contributed by atoms with van der Waals surface area (Å²) in [5.41, 5.74) is 0.109. The van der Waals surface area contributed by atoms with Gasteiger partial charge in [-0.1, -0.05) is 0 Å². The molecular formula is C12H26N2O. The van der Waals surface area contributed by atoms with Gasteiger partial charge >= 0.3 is 0 Å². The molecule has 0 aliphatic carbocycles. The number of rotatable bonds is 4. The molecule has 0 spiro atoms. The SMILES string of the molecule is CN1CCCC(N(C)C(C)(C)CCO)C1. The summed E-state index contributed by atoms with van der Waals surface area (Å²) in [6.07, 6.45) is 3.43. The second kappa shape index (κ2) is 5.28. The Morgan fingerprint density at radius 3 is 2.67 bits per heavy atom. The van der Waals surface area contributed by atoms with Crippen molar-refractivity contribution in [1.82, 2.24) is 9.80 Å². The third-order valence-electron chi connectivity index (χ3n) is 3.83. The Bertz CT molecular complexity index is 194. The van der Waals surface area contributed by atoms with Gasteiger partial charge in [0.2, 0.25) is 0 Å². The topological polar surface area (TPSA) is 26.7 Å². The van der Waals surface area contributed by atoms with Gasteiger partial charge in [-0.2, -0.15) is 0 Å². The normalized spacial score (nSPS) is 24.8. The van der Waals surface area contributed by atoms with Gasteiger partial charge in [0.1, 0.15) is 0 Å². The van der Waals surface area contributed by atoms with E-state index in [2.05, 4.69) is 37.7 Å². The van der Waals surface area contributed by atoms with Crippen LogP contribution < -0.4 is 0 Å². The summed E-state index contributed by atoms with van der Waals surface area (Å²) < 4.78 is 0. The zero-order valence-electron chi connectivity index (χ0n) is 10.7. The molecule has 0 amide bonds. The number of likely N-dealkylation sites (N-methyl/N-ethyl adjacent to an activating group) is 2. The molecule has 1 aliphatic heterocycles. The van der Waals surface area contributed by atoms with Gasteiger partial charge in [-0.05, 0) is 53.8 Å². The summed E-state index contributed by atoms with van der Waals surface area (Å²) in [5.74, 6) is 0. The van der Waals surface area contributed by atoms with Gasteiger partial charge in [0.25, 0.3) is 0 Å². The molecule has 1 fully saturated rings. The molecule has 3 nitrogen and oxygen atoms in total. The van der Waals surface area contributed by atoms with E-state index in [1.807, 2.05) is 0 Å². The Morgan fingerprint density at radius 1 is 1.47 bits per heavy atom. The molecular weight excluding hydrogens is 188 g/mol.